The molecule has 1 aliphatic rings. The van der Waals surface area contributed by atoms with E-state index in [1.54, 1.807) is 0 Å². The maximum atomic E-state index is 5.47. The highest BCUT2D eigenvalue weighted by molar-refractivity contribution is 5.91. The van der Waals surface area contributed by atoms with Crippen LogP contribution in [-0.2, 0) is 4.74 Å². The minimum absolute atomic E-state index is 0.724. The predicted octanol–water partition coefficient (Wildman–Crippen LogP) is 1.90. The van der Waals surface area contributed by atoms with Gasteiger partial charge in [-0.3, -0.25) is 4.90 Å². The molecule has 0 radical (unpaired) electrons. The Morgan fingerprint density at radius 1 is 1.29 bits per heavy atom. The van der Waals surface area contributed by atoms with Crippen LogP contribution in [0, 0.1) is 0 Å². The third-order valence-corrected chi connectivity index (χ3v) is 2.21. The van der Waals surface area contributed by atoms with Gasteiger partial charge in [0.1, 0.15) is 0 Å². The molecule has 0 saturated heterocycles. The highest BCUT2D eigenvalue weighted by atomic mass is 16.5. The summed E-state index contributed by atoms with van der Waals surface area (Å²) >= 11 is 0. The van der Waals surface area contributed by atoms with Crippen molar-refractivity contribution >= 4 is 11.7 Å². The Hall–Kier alpha value is -1.51. The summed E-state index contributed by atoms with van der Waals surface area (Å²) in [5.41, 5.74) is 1.10. The van der Waals surface area contributed by atoms with E-state index >= 15 is 0 Å². The molecule has 3 nitrogen and oxygen atoms in total. The van der Waals surface area contributed by atoms with E-state index in [0.717, 1.165) is 31.3 Å². The summed E-state index contributed by atoms with van der Waals surface area (Å²) in [5.74, 6) is 0. The molecule has 14 heavy (non-hydrogen) atoms. The van der Waals surface area contributed by atoms with Gasteiger partial charge in [-0.15, -0.1) is 0 Å². The first-order valence-electron chi connectivity index (χ1n) is 4.84. The molecule has 0 aliphatic carbocycles. The van der Waals surface area contributed by atoms with Crippen molar-refractivity contribution in [1.29, 1.82) is 0 Å². The third kappa shape index (κ3) is 1.87. The Bertz CT molecular complexity index is 321. The zero-order valence-electron chi connectivity index (χ0n) is 8.31. The van der Waals surface area contributed by atoms with Gasteiger partial charge in [0, 0.05) is 25.7 Å². The molecular formula is C11H14N2O. The number of hydrogen-bond acceptors (Lipinski definition) is 3. The van der Waals surface area contributed by atoms with Gasteiger partial charge in [-0.05, 0) is 12.1 Å². The topological polar surface area (TPSA) is 24.8 Å². The monoisotopic (exact) mass is 190 g/mol. The molecule has 1 heterocycles. The van der Waals surface area contributed by atoms with Crippen LogP contribution in [0.5, 0.6) is 0 Å². The first-order chi connectivity index (χ1) is 6.88. The van der Waals surface area contributed by atoms with Crippen molar-refractivity contribution in [3.05, 3.63) is 30.3 Å². The SMILES string of the molecule is CN(C1=NCCCO1)c1ccccc1. The summed E-state index contributed by atoms with van der Waals surface area (Å²) in [4.78, 5) is 6.30. The lowest BCUT2D eigenvalue weighted by Crippen LogP contribution is -2.31. The van der Waals surface area contributed by atoms with Crippen molar-refractivity contribution in [3.63, 3.8) is 0 Å². The standard InChI is InChI=1S/C11H14N2O/c1-13(10-6-3-2-4-7-10)11-12-8-5-9-14-11/h2-4,6-7H,5,8-9H2,1H3. The zero-order chi connectivity index (χ0) is 9.80. The van der Waals surface area contributed by atoms with Crippen molar-refractivity contribution in [1.82, 2.24) is 0 Å². The van der Waals surface area contributed by atoms with E-state index in [1.165, 1.54) is 0 Å². The molecule has 0 aromatic heterocycles. The van der Waals surface area contributed by atoms with Gasteiger partial charge in [0.25, 0.3) is 6.02 Å². The quantitative estimate of drug-likeness (QED) is 0.675. The van der Waals surface area contributed by atoms with Gasteiger partial charge < -0.3 is 4.74 Å². The zero-order valence-corrected chi connectivity index (χ0v) is 8.31. The first kappa shape index (κ1) is 9.06. The fraction of sp³-hybridized carbons (Fsp3) is 0.364. The van der Waals surface area contributed by atoms with Crippen LogP contribution >= 0.6 is 0 Å². The van der Waals surface area contributed by atoms with Crippen LogP contribution in [0.15, 0.2) is 35.3 Å². The highest BCUT2D eigenvalue weighted by Crippen LogP contribution is 2.13. The van der Waals surface area contributed by atoms with Crippen LogP contribution in [0.25, 0.3) is 0 Å². The Morgan fingerprint density at radius 2 is 2.07 bits per heavy atom. The van der Waals surface area contributed by atoms with Crippen LogP contribution < -0.4 is 4.90 Å². The number of aliphatic imine (C=N–C) groups is 1. The van der Waals surface area contributed by atoms with Gasteiger partial charge in [0.05, 0.1) is 6.61 Å². The second-order valence-electron chi connectivity index (χ2n) is 3.26. The smallest absolute Gasteiger partial charge is 0.291 e. The van der Waals surface area contributed by atoms with Crippen molar-refractivity contribution in [3.8, 4) is 0 Å². The maximum Gasteiger partial charge on any atom is 0.291 e. The molecule has 0 N–H and O–H groups in total. The molecular weight excluding hydrogens is 176 g/mol. The molecule has 74 valence electrons. The third-order valence-electron chi connectivity index (χ3n) is 2.21. The minimum Gasteiger partial charge on any atom is -0.465 e. The highest BCUT2D eigenvalue weighted by Gasteiger charge is 2.12. The minimum atomic E-state index is 0.724. The summed E-state index contributed by atoms with van der Waals surface area (Å²) in [6, 6.07) is 10.8. The van der Waals surface area contributed by atoms with E-state index in [4.69, 9.17) is 4.74 Å². The maximum absolute atomic E-state index is 5.47. The number of benzene rings is 1. The molecule has 0 unspecified atom stereocenters. The summed E-state index contributed by atoms with van der Waals surface area (Å²) < 4.78 is 5.47. The lowest BCUT2D eigenvalue weighted by molar-refractivity contribution is 0.276. The van der Waals surface area contributed by atoms with E-state index < -0.39 is 0 Å². The Balaban J connectivity index is 2.15. The molecule has 0 fully saturated rings. The van der Waals surface area contributed by atoms with Gasteiger partial charge in [-0.2, -0.15) is 0 Å². The van der Waals surface area contributed by atoms with Crippen LogP contribution in [-0.4, -0.2) is 26.2 Å². The van der Waals surface area contributed by atoms with E-state index in [-0.39, 0.29) is 0 Å². The first-order valence-corrected chi connectivity index (χ1v) is 4.84. The van der Waals surface area contributed by atoms with Crippen LogP contribution in [0.4, 0.5) is 5.69 Å². The van der Waals surface area contributed by atoms with Gasteiger partial charge in [0.15, 0.2) is 0 Å². The number of ether oxygens (including phenoxy) is 1. The number of anilines is 1. The summed E-state index contributed by atoms with van der Waals surface area (Å²) in [6.45, 7) is 1.64. The van der Waals surface area contributed by atoms with E-state index in [9.17, 15) is 0 Å². The van der Waals surface area contributed by atoms with Crippen molar-refractivity contribution in [2.45, 2.75) is 6.42 Å². The number of rotatable bonds is 1. The van der Waals surface area contributed by atoms with E-state index in [0.29, 0.717) is 0 Å². The van der Waals surface area contributed by atoms with Gasteiger partial charge in [-0.25, -0.2) is 4.99 Å². The fourth-order valence-electron chi connectivity index (χ4n) is 1.41. The Labute approximate surface area is 84.0 Å². The second-order valence-corrected chi connectivity index (χ2v) is 3.26. The van der Waals surface area contributed by atoms with Crippen molar-refractivity contribution in [2.24, 2.45) is 4.99 Å². The second kappa shape index (κ2) is 4.13. The van der Waals surface area contributed by atoms with Crippen LogP contribution in [0.3, 0.4) is 0 Å². The normalized spacial score (nSPS) is 15.6. The number of amidine groups is 1. The predicted molar refractivity (Wildman–Crippen MR) is 57.7 cm³/mol. The molecule has 2 rings (SSSR count). The average Bonchev–Trinajstić information content (AvgIpc) is 2.30. The molecule has 1 aromatic carbocycles. The Morgan fingerprint density at radius 3 is 2.71 bits per heavy atom. The average molecular weight is 190 g/mol. The van der Waals surface area contributed by atoms with Crippen LogP contribution in [0.1, 0.15) is 6.42 Å². The molecule has 0 amide bonds. The van der Waals surface area contributed by atoms with Gasteiger partial charge in [-0.1, -0.05) is 18.2 Å². The summed E-state index contributed by atoms with van der Waals surface area (Å²) in [7, 11) is 1.97. The van der Waals surface area contributed by atoms with Gasteiger partial charge in [0.2, 0.25) is 0 Å². The van der Waals surface area contributed by atoms with Crippen molar-refractivity contribution in [2.75, 3.05) is 25.1 Å². The lowest BCUT2D eigenvalue weighted by atomic mass is 10.3. The fourth-order valence-corrected chi connectivity index (χ4v) is 1.41. The summed E-state index contributed by atoms with van der Waals surface area (Å²) in [5, 5.41) is 0. The van der Waals surface area contributed by atoms with E-state index in [2.05, 4.69) is 4.99 Å². The molecule has 0 spiro atoms. The molecule has 0 saturated carbocycles. The summed E-state index contributed by atoms with van der Waals surface area (Å²) in [6.07, 6.45) is 1.02. The Kier molecular flexibility index (Phi) is 2.68. The van der Waals surface area contributed by atoms with E-state index in [1.807, 2.05) is 42.3 Å². The molecule has 3 heteroatoms. The molecule has 1 aliphatic heterocycles. The molecule has 0 atom stereocenters. The largest absolute Gasteiger partial charge is 0.465 e. The van der Waals surface area contributed by atoms with Crippen molar-refractivity contribution < 1.29 is 4.74 Å². The van der Waals surface area contributed by atoms with Crippen LogP contribution in [0.2, 0.25) is 0 Å². The number of hydrogen-bond donors (Lipinski definition) is 0. The molecule has 1 aromatic rings. The lowest BCUT2D eigenvalue weighted by Gasteiger charge is -2.23. The molecule has 0 bridgehead atoms. The number of nitrogens with zero attached hydrogens (tertiary/aromatic N) is 2. The van der Waals surface area contributed by atoms with Gasteiger partial charge >= 0.3 is 0 Å². The number of para-hydroxylation sites is 1.